The fraction of sp³-hybridized carbons (Fsp3) is 0.467. The summed E-state index contributed by atoms with van der Waals surface area (Å²) in [5, 5.41) is 13.9. The molecule has 1 aromatic carbocycles. The quantitative estimate of drug-likeness (QED) is 0.943. The van der Waals surface area contributed by atoms with Gasteiger partial charge in [-0.2, -0.15) is 0 Å². The summed E-state index contributed by atoms with van der Waals surface area (Å²) in [6, 6.07) is 8.17. The number of hydrogen-bond donors (Lipinski definition) is 1. The molecule has 3 rings (SSSR count). The zero-order chi connectivity index (χ0) is 14.2. The molecule has 2 heterocycles. The maximum atomic E-state index is 5.94. The standard InChI is InChI=1S/C15H19N3OS/c1-15(2,3)16-9-13-17-18-14(20-13)12-8-10-6-4-5-7-11(10)19-12/h4-7,12,16H,8-9H2,1-3H3. The molecule has 1 aromatic heterocycles. The smallest absolute Gasteiger partial charge is 0.158 e. The van der Waals surface area contributed by atoms with Crippen LogP contribution >= 0.6 is 11.3 Å². The molecule has 106 valence electrons. The third-order valence-corrected chi connectivity index (χ3v) is 4.19. The fourth-order valence-electron chi connectivity index (χ4n) is 2.13. The van der Waals surface area contributed by atoms with Crippen LogP contribution in [0.5, 0.6) is 5.75 Å². The molecule has 0 spiro atoms. The van der Waals surface area contributed by atoms with Crippen molar-refractivity contribution in [3.8, 4) is 5.75 Å². The molecule has 0 fully saturated rings. The Balaban J connectivity index is 1.67. The van der Waals surface area contributed by atoms with Gasteiger partial charge in [-0.15, -0.1) is 10.2 Å². The molecule has 0 amide bonds. The van der Waals surface area contributed by atoms with Crippen LogP contribution in [0, 0.1) is 0 Å². The first-order valence-corrected chi connectivity index (χ1v) is 7.65. The molecule has 1 aliphatic heterocycles. The minimum atomic E-state index is 0.0216. The van der Waals surface area contributed by atoms with E-state index in [4.69, 9.17) is 4.74 Å². The van der Waals surface area contributed by atoms with Crippen LogP contribution in [0.4, 0.5) is 0 Å². The second-order valence-corrected chi connectivity index (χ2v) is 7.15. The maximum absolute atomic E-state index is 5.94. The maximum Gasteiger partial charge on any atom is 0.158 e. The van der Waals surface area contributed by atoms with Gasteiger partial charge in [0, 0.05) is 12.0 Å². The summed E-state index contributed by atoms with van der Waals surface area (Å²) in [5.74, 6) is 0.974. The summed E-state index contributed by atoms with van der Waals surface area (Å²) in [4.78, 5) is 0. The fourth-order valence-corrected chi connectivity index (χ4v) is 2.94. The average Bonchev–Trinajstić information content (AvgIpc) is 3.01. The van der Waals surface area contributed by atoms with E-state index >= 15 is 0 Å². The molecule has 1 unspecified atom stereocenters. The molecular formula is C15H19N3OS. The lowest BCUT2D eigenvalue weighted by Gasteiger charge is -2.19. The molecule has 0 bridgehead atoms. The van der Waals surface area contributed by atoms with E-state index in [1.165, 1.54) is 5.56 Å². The van der Waals surface area contributed by atoms with Gasteiger partial charge in [-0.3, -0.25) is 0 Å². The minimum Gasteiger partial charge on any atom is -0.483 e. The van der Waals surface area contributed by atoms with Crippen molar-refractivity contribution in [3.05, 3.63) is 39.8 Å². The monoisotopic (exact) mass is 289 g/mol. The zero-order valence-electron chi connectivity index (χ0n) is 12.0. The first-order chi connectivity index (χ1) is 9.51. The summed E-state index contributed by atoms with van der Waals surface area (Å²) >= 11 is 1.63. The molecule has 1 atom stereocenters. The van der Waals surface area contributed by atoms with Gasteiger partial charge in [-0.05, 0) is 32.4 Å². The molecule has 2 aromatic rings. The molecule has 0 saturated heterocycles. The van der Waals surface area contributed by atoms with Crippen LogP contribution in [0.2, 0.25) is 0 Å². The number of para-hydroxylation sites is 1. The van der Waals surface area contributed by atoms with Crippen LogP contribution in [-0.4, -0.2) is 15.7 Å². The van der Waals surface area contributed by atoms with Crippen molar-refractivity contribution in [2.75, 3.05) is 0 Å². The molecule has 0 saturated carbocycles. The van der Waals surface area contributed by atoms with Crippen LogP contribution < -0.4 is 10.1 Å². The summed E-state index contributed by atoms with van der Waals surface area (Å²) in [5.41, 5.74) is 1.34. The predicted molar refractivity (Wildman–Crippen MR) is 80.0 cm³/mol. The van der Waals surface area contributed by atoms with Crippen molar-refractivity contribution >= 4 is 11.3 Å². The van der Waals surface area contributed by atoms with E-state index in [0.717, 1.165) is 28.7 Å². The number of ether oxygens (including phenoxy) is 1. The highest BCUT2D eigenvalue weighted by Crippen LogP contribution is 2.37. The van der Waals surface area contributed by atoms with Crippen LogP contribution in [0.1, 0.15) is 42.5 Å². The van der Waals surface area contributed by atoms with E-state index in [1.54, 1.807) is 11.3 Å². The number of benzene rings is 1. The van der Waals surface area contributed by atoms with Gasteiger partial charge in [0.1, 0.15) is 10.8 Å². The Labute approximate surface area is 123 Å². The highest BCUT2D eigenvalue weighted by Gasteiger charge is 2.27. The number of nitrogens with one attached hydrogen (secondary N) is 1. The number of fused-ring (bicyclic) bond motifs is 1. The van der Waals surface area contributed by atoms with Crippen LogP contribution in [0.15, 0.2) is 24.3 Å². The Morgan fingerprint density at radius 1 is 1.30 bits per heavy atom. The van der Waals surface area contributed by atoms with E-state index in [0.29, 0.717) is 0 Å². The molecule has 5 heteroatoms. The van der Waals surface area contributed by atoms with Crippen molar-refractivity contribution in [2.45, 2.75) is 45.4 Å². The predicted octanol–water partition coefficient (Wildman–Crippen LogP) is 3.10. The summed E-state index contributed by atoms with van der Waals surface area (Å²) in [6.07, 6.45) is 0.908. The number of aromatic nitrogens is 2. The summed E-state index contributed by atoms with van der Waals surface area (Å²) in [7, 11) is 0. The summed E-state index contributed by atoms with van der Waals surface area (Å²) in [6.45, 7) is 7.18. The average molecular weight is 289 g/mol. The van der Waals surface area contributed by atoms with Gasteiger partial charge in [-0.25, -0.2) is 0 Å². The van der Waals surface area contributed by atoms with E-state index in [9.17, 15) is 0 Å². The van der Waals surface area contributed by atoms with Crippen LogP contribution in [0.3, 0.4) is 0 Å². The third kappa shape index (κ3) is 2.99. The van der Waals surface area contributed by atoms with E-state index in [2.05, 4.69) is 42.4 Å². The van der Waals surface area contributed by atoms with Gasteiger partial charge in [-0.1, -0.05) is 29.5 Å². The van der Waals surface area contributed by atoms with Crippen molar-refractivity contribution in [3.63, 3.8) is 0 Å². The normalized spacial score (nSPS) is 17.9. The van der Waals surface area contributed by atoms with Gasteiger partial charge in [0.05, 0.1) is 6.54 Å². The van der Waals surface area contributed by atoms with E-state index in [1.807, 2.05) is 18.2 Å². The zero-order valence-corrected chi connectivity index (χ0v) is 12.8. The van der Waals surface area contributed by atoms with Crippen LogP contribution in [0.25, 0.3) is 0 Å². The van der Waals surface area contributed by atoms with Crippen LogP contribution in [-0.2, 0) is 13.0 Å². The van der Waals surface area contributed by atoms with E-state index < -0.39 is 0 Å². The molecule has 0 aliphatic carbocycles. The highest BCUT2D eigenvalue weighted by molar-refractivity contribution is 7.11. The Kier molecular flexibility index (Phi) is 3.48. The topological polar surface area (TPSA) is 47.0 Å². The van der Waals surface area contributed by atoms with Gasteiger partial charge in [0.2, 0.25) is 0 Å². The lowest BCUT2D eigenvalue weighted by atomic mass is 10.1. The van der Waals surface area contributed by atoms with Gasteiger partial charge in [0.15, 0.2) is 11.1 Å². The minimum absolute atomic E-state index is 0.0216. The van der Waals surface area contributed by atoms with E-state index in [-0.39, 0.29) is 11.6 Å². The lowest BCUT2D eigenvalue weighted by Crippen LogP contribution is -2.35. The molecule has 20 heavy (non-hydrogen) atoms. The number of hydrogen-bond acceptors (Lipinski definition) is 5. The van der Waals surface area contributed by atoms with Crippen molar-refractivity contribution in [1.29, 1.82) is 0 Å². The second kappa shape index (κ2) is 5.14. The Bertz CT molecular complexity index is 578. The Hall–Kier alpha value is -1.46. The number of nitrogens with zero attached hydrogens (tertiary/aromatic N) is 2. The molecule has 1 N–H and O–H groups in total. The third-order valence-electron chi connectivity index (χ3n) is 3.18. The molecule has 4 nitrogen and oxygen atoms in total. The number of rotatable bonds is 3. The first-order valence-electron chi connectivity index (χ1n) is 6.83. The Morgan fingerprint density at radius 3 is 2.85 bits per heavy atom. The largest absolute Gasteiger partial charge is 0.483 e. The van der Waals surface area contributed by atoms with Gasteiger partial charge in [0.25, 0.3) is 0 Å². The molecule has 1 aliphatic rings. The Morgan fingerprint density at radius 2 is 2.10 bits per heavy atom. The highest BCUT2D eigenvalue weighted by atomic mass is 32.1. The van der Waals surface area contributed by atoms with Crippen molar-refractivity contribution in [1.82, 2.24) is 15.5 Å². The summed E-state index contributed by atoms with van der Waals surface area (Å²) < 4.78 is 5.94. The molecular weight excluding hydrogens is 270 g/mol. The second-order valence-electron chi connectivity index (χ2n) is 6.06. The van der Waals surface area contributed by atoms with Crippen molar-refractivity contribution < 1.29 is 4.74 Å². The van der Waals surface area contributed by atoms with Gasteiger partial charge < -0.3 is 10.1 Å². The SMILES string of the molecule is CC(C)(C)NCc1nnc(C2Cc3ccccc3O2)s1. The van der Waals surface area contributed by atoms with Gasteiger partial charge >= 0.3 is 0 Å². The van der Waals surface area contributed by atoms with Crippen molar-refractivity contribution in [2.24, 2.45) is 0 Å². The molecule has 0 radical (unpaired) electrons. The lowest BCUT2D eigenvalue weighted by molar-refractivity contribution is 0.237. The first kappa shape index (κ1) is 13.5.